The van der Waals surface area contributed by atoms with Gasteiger partial charge in [0.2, 0.25) is 11.8 Å². The van der Waals surface area contributed by atoms with Crippen LogP contribution in [0.1, 0.15) is 47.5 Å². The van der Waals surface area contributed by atoms with E-state index < -0.39 is 0 Å². The van der Waals surface area contributed by atoms with Gasteiger partial charge < -0.3 is 14.7 Å². The number of nitrogens with zero attached hydrogens (tertiary/aromatic N) is 6. The van der Waals surface area contributed by atoms with E-state index in [1.807, 2.05) is 18.7 Å². The van der Waals surface area contributed by atoms with Crippen molar-refractivity contribution in [2.75, 3.05) is 18.4 Å². The fraction of sp³-hybridized carbons (Fsp3) is 0.455. The van der Waals surface area contributed by atoms with Crippen molar-refractivity contribution in [1.82, 2.24) is 24.7 Å². The van der Waals surface area contributed by atoms with E-state index in [-0.39, 0.29) is 17.7 Å². The van der Waals surface area contributed by atoms with Crippen LogP contribution in [-0.2, 0) is 16.0 Å². The number of amides is 2. The molecule has 0 atom stereocenters. The number of hydrogen-bond donors (Lipinski definition) is 1. The highest BCUT2D eigenvalue weighted by Crippen LogP contribution is 2.22. The highest BCUT2D eigenvalue weighted by atomic mass is 16.5. The summed E-state index contributed by atoms with van der Waals surface area (Å²) in [5.74, 6) is 0.876. The van der Waals surface area contributed by atoms with Crippen LogP contribution in [0, 0.1) is 38.0 Å². The standard InChI is InChI=1S/C22H25N7O3/c1-13-10-19(27-32-13)26-22(31)16-6-8-28(9-7-16)20(30)5-4-18-14(2)25-21-17(11-23)12-24-29(21)15(18)3/h10,12,16H,4-9H2,1-3H3,(H,26,27,31). The van der Waals surface area contributed by atoms with Crippen LogP contribution in [0.4, 0.5) is 5.82 Å². The van der Waals surface area contributed by atoms with E-state index >= 15 is 0 Å². The quantitative estimate of drug-likeness (QED) is 0.651. The second-order valence-corrected chi connectivity index (χ2v) is 8.13. The molecule has 4 heterocycles. The van der Waals surface area contributed by atoms with Crippen LogP contribution < -0.4 is 5.32 Å². The maximum Gasteiger partial charge on any atom is 0.228 e. The number of anilines is 1. The Kier molecular flexibility index (Phi) is 5.90. The van der Waals surface area contributed by atoms with Gasteiger partial charge in [-0.3, -0.25) is 9.59 Å². The molecule has 2 amide bonds. The van der Waals surface area contributed by atoms with Gasteiger partial charge in [-0.25, -0.2) is 9.50 Å². The van der Waals surface area contributed by atoms with Crippen LogP contribution in [-0.4, -0.2) is 49.6 Å². The fourth-order valence-corrected chi connectivity index (χ4v) is 4.19. The summed E-state index contributed by atoms with van der Waals surface area (Å²) in [5, 5.41) is 20.0. The zero-order valence-electron chi connectivity index (χ0n) is 18.4. The molecular weight excluding hydrogens is 410 g/mol. The summed E-state index contributed by atoms with van der Waals surface area (Å²) in [5.41, 5.74) is 3.64. The Labute approximate surface area is 185 Å². The monoisotopic (exact) mass is 435 g/mol. The van der Waals surface area contributed by atoms with Gasteiger partial charge >= 0.3 is 0 Å². The van der Waals surface area contributed by atoms with Crippen LogP contribution in [0.25, 0.3) is 5.65 Å². The molecule has 0 spiro atoms. The lowest BCUT2D eigenvalue weighted by Crippen LogP contribution is -2.41. The van der Waals surface area contributed by atoms with Crippen molar-refractivity contribution in [3.8, 4) is 6.07 Å². The topological polar surface area (TPSA) is 129 Å². The Hall–Kier alpha value is -3.74. The van der Waals surface area contributed by atoms with Gasteiger partial charge in [0, 0.05) is 42.9 Å². The molecule has 0 aromatic carbocycles. The molecule has 1 fully saturated rings. The summed E-state index contributed by atoms with van der Waals surface area (Å²) in [6, 6.07) is 3.78. The molecule has 0 unspecified atom stereocenters. The molecule has 1 aliphatic rings. The Bertz CT molecular complexity index is 1210. The third-order valence-electron chi connectivity index (χ3n) is 6.02. The van der Waals surface area contributed by atoms with Crippen LogP contribution in [0.2, 0.25) is 0 Å². The minimum absolute atomic E-state index is 0.0630. The number of carbonyl (C=O) groups is 2. The van der Waals surface area contributed by atoms with Gasteiger partial charge in [0.15, 0.2) is 11.5 Å². The Morgan fingerprint density at radius 3 is 2.69 bits per heavy atom. The number of nitriles is 1. The van der Waals surface area contributed by atoms with E-state index in [0.29, 0.717) is 61.6 Å². The Balaban J connectivity index is 1.33. The molecule has 1 saturated heterocycles. The lowest BCUT2D eigenvalue weighted by atomic mass is 9.95. The minimum atomic E-state index is -0.152. The van der Waals surface area contributed by atoms with Gasteiger partial charge in [-0.05, 0) is 45.6 Å². The van der Waals surface area contributed by atoms with E-state index in [1.54, 1.807) is 17.5 Å². The second-order valence-electron chi connectivity index (χ2n) is 8.13. The van der Waals surface area contributed by atoms with Crippen molar-refractivity contribution in [3.05, 3.63) is 40.5 Å². The van der Waals surface area contributed by atoms with E-state index in [9.17, 15) is 14.9 Å². The molecule has 4 rings (SSSR count). The second kappa shape index (κ2) is 8.78. The molecule has 0 aliphatic carbocycles. The molecule has 32 heavy (non-hydrogen) atoms. The van der Waals surface area contributed by atoms with Crippen LogP contribution in [0.5, 0.6) is 0 Å². The van der Waals surface area contributed by atoms with Gasteiger partial charge in [0.25, 0.3) is 0 Å². The first-order valence-electron chi connectivity index (χ1n) is 10.6. The molecule has 10 nitrogen and oxygen atoms in total. The van der Waals surface area contributed by atoms with Crippen molar-refractivity contribution in [3.63, 3.8) is 0 Å². The van der Waals surface area contributed by atoms with E-state index in [0.717, 1.165) is 17.0 Å². The molecule has 10 heteroatoms. The summed E-state index contributed by atoms with van der Waals surface area (Å²) >= 11 is 0. The lowest BCUT2D eigenvalue weighted by molar-refractivity contribution is -0.134. The smallest absolute Gasteiger partial charge is 0.228 e. The van der Waals surface area contributed by atoms with E-state index in [4.69, 9.17) is 4.52 Å². The third-order valence-corrected chi connectivity index (χ3v) is 6.02. The van der Waals surface area contributed by atoms with E-state index in [2.05, 4.69) is 26.6 Å². The summed E-state index contributed by atoms with van der Waals surface area (Å²) in [4.78, 5) is 31.6. The van der Waals surface area contributed by atoms with Crippen molar-refractivity contribution >= 4 is 23.3 Å². The van der Waals surface area contributed by atoms with Crippen LogP contribution in [0.15, 0.2) is 16.8 Å². The first-order chi connectivity index (χ1) is 15.4. The van der Waals surface area contributed by atoms with Gasteiger partial charge in [-0.15, -0.1) is 0 Å². The number of aromatic nitrogens is 4. The molecule has 3 aromatic rings. The molecule has 166 valence electrons. The number of nitrogens with one attached hydrogen (secondary N) is 1. The maximum absolute atomic E-state index is 12.8. The van der Waals surface area contributed by atoms with Gasteiger partial charge in [0.05, 0.1) is 6.20 Å². The van der Waals surface area contributed by atoms with Crippen LogP contribution >= 0.6 is 0 Å². The van der Waals surface area contributed by atoms with Crippen molar-refractivity contribution in [2.45, 2.75) is 46.5 Å². The predicted molar refractivity (Wildman–Crippen MR) is 115 cm³/mol. The van der Waals surface area contributed by atoms with Crippen molar-refractivity contribution in [1.29, 1.82) is 5.26 Å². The number of piperidine rings is 1. The molecule has 0 radical (unpaired) electrons. The first-order valence-corrected chi connectivity index (χ1v) is 10.6. The van der Waals surface area contributed by atoms with E-state index in [1.165, 1.54) is 6.20 Å². The molecule has 1 aliphatic heterocycles. The van der Waals surface area contributed by atoms with Gasteiger partial charge in [0.1, 0.15) is 17.4 Å². The number of hydrogen-bond acceptors (Lipinski definition) is 7. The number of aryl methyl sites for hydroxylation is 3. The van der Waals surface area contributed by atoms with Gasteiger partial charge in [-0.1, -0.05) is 5.16 Å². The zero-order valence-corrected chi connectivity index (χ0v) is 18.4. The first kappa shape index (κ1) is 21.5. The molecule has 0 bridgehead atoms. The number of rotatable bonds is 5. The van der Waals surface area contributed by atoms with Gasteiger partial charge in [-0.2, -0.15) is 10.4 Å². The summed E-state index contributed by atoms with van der Waals surface area (Å²) < 4.78 is 6.63. The number of fused-ring (bicyclic) bond motifs is 1. The summed E-state index contributed by atoms with van der Waals surface area (Å²) in [6.07, 6.45) is 3.64. The SMILES string of the molecule is Cc1cc(NC(=O)C2CCN(C(=O)CCc3c(C)nc4c(C#N)cnn4c3C)CC2)no1. The third kappa shape index (κ3) is 4.19. The summed E-state index contributed by atoms with van der Waals surface area (Å²) in [6.45, 7) is 6.68. The number of likely N-dealkylation sites (tertiary alicyclic amines) is 1. The minimum Gasteiger partial charge on any atom is -0.360 e. The average Bonchev–Trinajstić information content (AvgIpc) is 3.39. The molecule has 3 aromatic heterocycles. The Morgan fingerprint density at radius 1 is 1.28 bits per heavy atom. The van der Waals surface area contributed by atoms with Crippen LogP contribution in [0.3, 0.4) is 0 Å². The van der Waals surface area contributed by atoms with Crippen molar-refractivity contribution in [2.24, 2.45) is 5.92 Å². The lowest BCUT2D eigenvalue weighted by Gasteiger charge is -2.31. The average molecular weight is 435 g/mol. The molecule has 0 saturated carbocycles. The zero-order chi connectivity index (χ0) is 22.8. The normalized spacial score (nSPS) is 14.5. The predicted octanol–water partition coefficient (Wildman–Crippen LogP) is 2.32. The Morgan fingerprint density at radius 2 is 2.03 bits per heavy atom. The highest BCUT2D eigenvalue weighted by Gasteiger charge is 2.28. The molecular formula is C22H25N7O3. The molecule has 1 N–H and O–H groups in total. The fourth-order valence-electron chi connectivity index (χ4n) is 4.19. The largest absolute Gasteiger partial charge is 0.360 e. The summed E-state index contributed by atoms with van der Waals surface area (Å²) in [7, 11) is 0. The number of carbonyl (C=O) groups excluding carboxylic acids is 2. The maximum atomic E-state index is 12.8. The highest BCUT2D eigenvalue weighted by molar-refractivity contribution is 5.91. The van der Waals surface area contributed by atoms with Crippen molar-refractivity contribution < 1.29 is 14.1 Å².